The molecule has 10 nitrogen and oxygen atoms in total. The van der Waals surface area contributed by atoms with Crippen LogP contribution in [0.5, 0.6) is 0 Å². The lowest BCUT2D eigenvalue weighted by Gasteiger charge is -2.11. The Morgan fingerprint density at radius 1 is 1.00 bits per heavy atom. The zero-order valence-corrected chi connectivity index (χ0v) is 20.1. The van der Waals surface area contributed by atoms with E-state index in [9.17, 15) is 13.2 Å². The van der Waals surface area contributed by atoms with E-state index in [2.05, 4.69) is 25.0 Å². The number of nitrogens with one attached hydrogen (secondary N) is 1. The lowest BCUT2D eigenvalue weighted by atomic mass is 10.1. The number of nitrogens with zero attached hydrogens (tertiary/aromatic N) is 6. The molecular weight excluding hydrogens is 466 g/mol. The molecule has 4 rings (SSSR count). The van der Waals surface area contributed by atoms with E-state index >= 15 is 0 Å². The maximum Gasteiger partial charge on any atom is 0.264 e. The highest BCUT2D eigenvalue weighted by molar-refractivity contribution is 7.92. The molecule has 11 heteroatoms. The number of carbonyl (C=O) groups excluding carboxylic acids is 1. The number of ketones is 1. The summed E-state index contributed by atoms with van der Waals surface area (Å²) in [4.78, 5) is 22.5. The van der Waals surface area contributed by atoms with Crippen LogP contribution < -0.4 is 9.62 Å². The Morgan fingerprint density at radius 3 is 2.29 bits per heavy atom. The van der Waals surface area contributed by atoms with Crippen molar-refractivity contribution in [1.29, 1.82) is 0 Å². The van der Waals surface area contributed by atoms with E-state index in [1.165, 1.54) is 35.3 Å². The molecule has 0 spiro atoms. The minimum absolute atomic E-state index is 0.0199. The molecule has 2 heterocycles. The summed E-state index contributed by atoms with van der Waals surface area (Å²) in [6.07, 6.45) is 6.06. The van der Waals surface area contributed by atoms with Crippen molar-refractivity contribution in [2.75, 3.05) is 23.7 Å². The smallest absolute Gasteiger partial charge is 0.264 e. The third-order valence-electron chi connectivity index (χ3n) is 5.15. The molecule has 0 amide bonds. The van der Waals surface area contributed by atoms with Gasteiger partial charge in [0.05, 0.1) is 16.3 Å². The highest BCUT2D eigenvalue weighted by atomic mass is 32.2. The van der Waals surface area contributed by atoms with Gasteiger partial charge in [-0.1, -0.05) is 23.4 Å². The van der Waals surface area contributed by atoms with E-state index in [0.29, 0.717) is 11.4 Å². The predicted octanol–water partition coefficient (Wildman–Crippen LogP) is 3.13. The number of rotatable bonds is 8. The summed E-state index contributed by atoms with van der Waals surface area (Å²) < 4.78 is 28.9. The molecule has 2 aromatic carbocycles. The average Bonchev–Trinajstić information content (AvgIpc) is 3.24. The first-order valence-electron chi connectivity index (χ1n) is 10.6. The fourth-order valence-electron chi connectivity index (χ4n) is 3.23. The van der Waals surface area contributed by atoms with Gasteiger partial charge in [0.1, 0.15) is 0 Å². The number of aromatic nitrogens is 5. The van der Waals surface area contributed by atoms with Gasteiger partial charge in [0.15, 0.2) is 5.69 Å². The minimum Gasteiger partial charge on any atom is -0.378 e. The predicted molar refractivity (Wildman–Crippen MR) is 133 cm³/mol. The van der Waals surface area contributed by atoms with Gasteiger partial charge >= 0.3 is 0 Å². The van der Waals surface area contributed by atoms with E-state index in [-0.39, 0.29) is 22.3 Å². The first kappa shape index (κ1) is 23.8. The van der Waals surface area contributed by atoms with E-state index in [0.717, 1.165) is 11.3 Å². The Balaban J connectivity index is 1.49. The molecule has 35 heavy (non-hydrogen) atoms. The quantitative estimate of drug-likeness (QED) is 0.296. The minimum atomic E-state index is -3.86. The van der Waals surface area contributed by atoms with Crippen LogP contribution in [0.15, 0.2) is 78.0 Å². The molecule has 178 valence electrons. The Hall–Kier alpha value is -4.38. The maximum absolute atomic E-state index is 12.7. The van der Waals surface area contributed by atoms with Crippen LogP contribution in [0.2, 0.25) is 0 Å². The van der Waals surface area contributed by atoms with Gasteiger partial charge in [-0.2, -0.15) is 0 Å². The highest BCUT2D eigenvalue weighted by Gasteiger charge is 2.18. The van der Waals surface area contributed by atoms with Crippen LogP contribution >= 0.6 is 0 Å². The van der Waals surface area contributed by atoms with E-state index in [4.69, 9.17) is 0 Å². The fraction of sp³-hybridized carbons (Fsp3) is 0.125. The Kier molecular flexibility index (Phi) is 6.69. The van der Waals surface area contributed by atoms with Crippen LogP contribution in [0.3, 0.4) is 0 Å². The van der Waals surface area contributed by atoms with E-state index < -0.39 is 10.0 Å². The van der Waals surface area contributed by atoms with Crippen molar-refractivity contribution in [3.63, 3.8) is 0 Å². The first-order chi connectivity index (χ1) is 16.7. The monoisotopic (exact) mass is 489 g/mol. The van der Waals surface area contributed by atoms with Gasteiger partial charge in [-0.25, -0.2) is 27.8 Å². The Labute approximate surface area is 203 Å². The number of anilines is 2. The van der Waals surface area contributed by atoms with Crippen LogP contribution in [0.25, 0.3) is 11.8 Å². The Morgan fingerprint density at radius 2 is 1.66 bits per heavy atom. The summed E-state index contributed by atoms with van der Waals surface area (Å²) in [6, 6.07) is 15.4. The van der Waals surface area contributed by atoms with Gasteiger partial charge < -0.3 is 4.90 Å². The molecule has 0 saturated carbocycles. The fourth-order valence-corrected chi connectivity index (χ4v) is 4.19. The number of benzene rings is 2. The van der Waals surface area contributed by atoms with E-state index in [1.54, 1.807) is 31.2 Å². The highest BCUT2D eigenvalue weighted by Crippen LogP contribution is 2.18. The van der Waals surface area contributed by atoms with Crippen molar-refractivity contribution in [3.8, 4) is 5.69 Å². The van der Waals surface area contributed by atoms with Gasteiger partial charge in [0.25, 0.3) is 10.0 Å². The zero-order chi connectivity index (χ0) is 25.0. The van der Waals surface area contributed by atoms with Gasteiger partial charge in [0.2, 0.25) is 11.7 Å². The van der Waals surface area contributed by atoms with Crippen LogP contribution in [0.1, 0.15) is 21.7 Å². The zero-order valence-electron chi connectivity index (χ0n) is 19.3. The molecule has 0 bridgehead atoms. The molecule has 0 aliphatic heterocycles. The molecule has 0 saturated heterocycles. The molecule has 0 atom stereocenters. The largest absolute Gasteiger partial charge is 0.378 e. The van der Waals surface area contributed by atoms with Crippen molar-refractivity contribution in [3.05, 3.63) is 90.0 Å². The van der Waals surface area contributed by atoms with Crippen LogP contribution in [0, 0.1) is 6.92 Å². The second kappa shape index (κ2) is 9.85. The van der Waals surface area contributed by atoms with Gasteiger partial charge in [-0.05, 0) is 61.0 Å². The number of carbonyl (C=O) groups is 1. The Bertz CT molecular complexity index is 1460. The second-order valence-corrected chi connectivity index (χ2v) is 9.47. The van der Waals surface area contributed by atoms with Crippen LogP contribution in [-0.2, 0) is 10.0 Å². The molecule has 0 aliphatic carbocycles. The first-order valence-corrected chi connectivity index (χ1v) is 12.1. The van der Waals surface area contributed by atoms with E-state index in [1.807, 2.05) is 43.3 Å². The third-order valence-corrected chi connectivity index (χ3v) is 6.49. The van der Waals surface area contributed by atoms with Crippen molar-refractivity contribution in [2.24, 2.45) is 0 Å². The van der Waals surface area contributed by atoms with Crippen molar-refractivity contribution < 1.29 is 13.2 Å². The van der Waals surface area contributed by atoms with Crippen molar-refractivity contribution in [2.45, 2.75) is 11.8 Å². The van der Waals surface area contributed by atoms with Crippen LogP contribution in [0.4, 0.5) is 11.6 Å². The lowest BCUT2D eigenvalue weighted by molar-refractivity contribution is 0.104. The molecule has 1 N–H and O–H groups in total. The SMILES string of the molecule is Cc1c(C(=O)/C=C/c2ccc(N(C)C)cc2)nnn1-c1ccc(S(=O)(=O)Nc2ncccn2)cc1. The molecule has 4 aromatic rings. The summed E-state index contributed by atoms with van der Waals surface area (Å²) in [5.41, 5.74) is 3.27. The maximum atomic E-state index is 12.7. The van der Waals surface area contributed by atoms with Gasteiger partial charge in [-0.3, -0.25) is 4.79 Å². The number of allylic oxidation sites excluding steroid dienone is 1. The molecular formula is C24H23N7O3S. The topological polar surface area (TPSA) is 123 Å². The average molecular weight is 490 g/mol. The lowest BCUT2D eigenvalue weighted by Crippen LogP contribution is -2.15. The summed E-state index contributed by atoms with van der Waals surface area (Å²) >= 11 is 0. The van der Waals surface area contributed by atoms with Gasteiger partial charge in [-0.15, -0.1) is 5.10 Å². The standard InChI is InChI=1S/C24H23N7O3S/c1-17-23(22(32)14-7-18-5-8-19(9-6-18)30(2)3)27-29-31(17)20-10-12-21(13-11-20)35(33,34)28-24-25-15-4-16-26-24/h4-16H,1-3H3,(H,25,26,28)/b14-7+. The number of hydrogen-bond acceptors (Lipinski definition) is 8. The summed E-state index contributed by atoms with van der Waals surface area (Å²) in [5, 5.41) is 8.10. The number of sulfonamides is 1. The third kappa shape index (κ3) is 5.41. The number of hydrogen-bond donors (Lipinski definition) is 1. The second-order valence-electron chi connectivity index (χ2n) is 7.79. The summed E-state index contributed by atoms with van der Waals surface area (Å²) in [7, 11) is 0.0655. The summed E-state index contributed by atoms with van der Waals surface area (Å²) in [6.45, 7) is 1.73. The molecule has 0 fully saturated rings. The molecule has 2 aromatic heterocycles. The van der Waals surface area contributed by atoms with Crippen LogP contribution in [-0.4, -0.2) is 53.3 Å². The molecule has 0 radical (unpaired) electrons. The van der Waals surface area contributed by atoms with Gasteiger partial charge in [0, 0.05) is 32.2 Å². The van der Waals surface area contributed by atoms with Crippen molar-refractivity contribution >= 4 is 33.5 Å². The summed E-state index contributed by atoms with van der Waals surface area (Å²) in [5.74, 6) is -0.301. The normalized spacial score (nSPS) is 11.5. The van der Waals surface area contributed by atoms with Crippen molar-refractivity contribution in [1.82, 2.24) is 25.0 Å². The molecule has 0 aliphatic rings. The molecule has 0 unspecified atom stereocenters.